The lowest BCUT2D eigenvalue weighted by Crippen LogP contribution is -2.40. The van der Waals surface area contributed by atoms with Crippen molar-refractivity contribution in [3.05, 3.63) is 59.3 Å². The second kappa shape index (κ2) is 9.10. The molecule has 31 heavy (non-hydrogen) atoms. The van der Waals surface area contributed by atoms with Crippen LogP contribution in [0.1, 0.15) is 0 Å². The monoisotopic (exact) mass is 484 g/mol. The number of nitrogens with one attached hydrogen (secondary N) is 1. The molecule has 4 N–H and O–H groups in total. The fourth-order valence-electron chi connectivity index (χ4n) is 2.78. The molecule has 3 aromatic rings. The summed E-state index contributed by atoms with van der Waals surface area (Å²) < 4.78 is 3.40. The van der Waals surface area contributed by atoms with Crippen molar-refractivity contribution in [1.29, 1.82) is 0 Å². The molecule has 3 rings (SSSR count). The molecular weight excluding hydrogens is 467 g/mol. The predicted octanol–water partition coefficient (Wildman–Crippen LogP) is 0.992. The number of benzene rings is 1. The molecule has 13 heteroatoms. The zero-order chi connectivity index (χ0) is 22.9. The van der Waals surface area contributed by atoms with Crippen LogP contribution in [0.4, 0.5) is 11.5 Å². The van der Waals surface area contributed by atoms with Crippen molar-refractivity contribution in [2.45, 2.75) is 6.73 Å². The molecule has 0 saturated heterocycles. The maximum absolute atomic E-state index is 12.4. The van der Waals surface area contributed by atoms with Crippen molar-refractivity contribution < 1.29 is 9.90 Å². The van der Waals surface area contributed by atoms with Gasteiger partial charge in [0.15, 0.2) is 4.80 Å². The highest BCUT2D eigenvalue weighted by atomic mass is 35.5. The fourth-order valence-corrected chi connectivity index (χ4v) is 3.99. The number of nitrogens with two attached hydrogens (primary N) is 1. The second-order valence-electron chi connectivity index (χ2n) is 6.43. The number of aliphatic hydroxyl groups excluding tert-OH is 1. The minimum Gasteiger partial charge on any atom is -0.383 e. The van der Waals surface area contributed by atoms with Crippen LogP contribution in [0.2, 0.25) is 10.0 Å². The Labute approximate surface area is 189 Å². The predicted molar refractivity (Wildman–Crippen MR) is 120 cm³/mol. The molecule has 10 nitrogen and oxygen atoms in total. The molecule has 0 aliphatic heterocycles. The van der Waals surface area contributed by atoms with Crippen molar-refractivity contribution in [3.63, 3.8) is 0 Å². The van der Waals surface area contributed by atoms with Gasteiger partial charge in [-0.3, -0.25) is 23.3 Å². The molecule has 1 aromatic carbocycles. The van der Waals surface area contributed by atoms with Gasteiger partial charge in [-0.2, -0.15) is 4.99 Å². The van der Waals surface area contributed by atoms with Crippen molar-refractivity contribution in [2.75, 3.05) is 17.6 Å². The van der Waals surface area contributed by atoms with Crippen molar-refractivity contribution in [1.82, 2.24) is 13.7 Å². The van der Waals surface area contributed by atoms with Gasteiger partial charge >= 0.3 is 5.69 Å². The van der Waals surface area contributed by atoms with Gasteiger partial charge in [0.05, 0.1) is 22.3 Å². The number of thiazole rings is 1. The summed E-state index contributed by atoms with van der Waals surface area (Å²) >= 11 is 13.2. The summed E-state index contributed by atoms with van der Waals surface area (Å²) in [5, 5.41) is 14.9. The molecular formula is C18H18Cl2N6O4S. The van der Waals surface area contributed by atoms with E-state index in [1.165, 1.54) is 18.7 Å². The summed E-state index contributed by atoms with van der Waals surface area (Å²) in [6, 6.07) is 5.00. The van der Waals surface area contributed by atoms with Gasteiger partial charge in [-0.25, -0.2) is 4.79 Å². The van der Waals surface area contributed by atoms with Crippen molar-refractivity contribution in [2.24, 2.45) is 19.1 Å². The molecule has 0 saturated carbocycles. The quantitative estimate of drug-likeness (QED) is 0.493. The minimum atomic E-state index is -0.656. The summed E-state index contributed by atoms with van der Waals surface area (Å²) in [5.74, 6) is -0.704. The van der Waals surface area contributed by atoms with E-state index >= 15 is 0 Å². The fraction of sp³-hybridized carbons (Fsp3) is 0.222. The second-order valence-corrected chi connectivity index (χ2v) is 8.08. The van der Waals surface area contributed by atoms with Gasteiger partial charge in [0.2, 0.25) is 0 Å². The normalized spacial score (nSPS) is 11.7. The van der Waals surface area contributed by atoms with Crippen LogP contribution in [0, 0.1) is 0 Å². The molecule has 0 radical (unpaired) electrons. The molecule has 0 fully saturated rings. The van der Waals surface area contributed by atoms with Gasteiger partial charge in [-0.15, -0.1) is 11.3 Å². The van der Waals surface area contributed by atoms with E-state index in [0.717, 1.165) is 20.5 Å². The number of nitrogen functional groups attached to an aromatic ring is 1. The van der Waals surface area contributed by atoms with E-state index in [-0.39, 0.29) is 22.9 Å². The maximum Gasteiger partial charge on any atom is 0.332 e. The van der Waals surface area contributed by atoms with Gasteiger partial charge in [0, 0.05) is 25.0 Å². The number of anilines is 2. The summed E-state index contributed by atoms with van der Waals surface area (Å²) in [6.07, 6.45) is 0. The molecule has 0 aliphatic carbocycles. The largest absolute Gasteiger partial charge is 0.383 e. The van der Waals surface area contributed by atoms with Crippen LogP contribution >= 0.6 is 34.5 Å². The third kappa shape index (κ3) is 4.44. The van der Waals surface area contributed by atoms with Gasteiger partial charge < -0.3 is 16.2 Å². The smallest absolute Gasteiger partial charge is 0.332 e. The van der Waals surface area contributed by atoms with Crippen LogP contribution < -0.4 is 27.1 Å². The number of carbonyl (C=O) groups excluding carboxylic acids is 1. The Hall–Kier alpha value is -2.86. The topological polar surface area (TPSA) is 137 Å². The highest BCUT2D eigenvalue weighted by Crippen LogP contribution is 2.28. The molecule has 0 aliphatic rings. The van der Waals surface area contributed by atoms with E-state index < -0.39 is 23.9 Å². The molecule has 1 amide bonds. The number of aliphatic hydroxyl groups is 1. The van der Waals surface area contributed by atoms with E-state index in [9.17, 15) is 19.5 Å². The molecule has 2 heterocycles. The van der Waals surface area contributed by atoms with E-state index in [1.54, 1.807) is 23.6 Å². The zero-order valence-electron chi connectivity index (χ0n) is 16.4. The SMILES string of the molecule is Cn1c(N)c(NCC(=O)N=c2scc(-c3ccc(Cl)c(Cl)c3)n2CO)c(=O)n(C)c1=O. The van der Waals surface area contributed by atoms with Gasteiger partial charge in [-0.1, -0.05) is 29.3 Å². The first-order valence-electron chi connectivity index (χ1n) is 8.77. The minimum absolute atomic E-state index is 0.0779. The number of nitrogens with zero attached hydrogens (tertiary/aromatic N) is 4. The Morgan fingerprint density at radius 1 is 1.23 bits per heavy atom. The van der Waals surface area contributed by atoms with E-state index in [0.29, 0.717) is 21.3 Å². The summed E-state index contributed by atoms with van der Waals surface area (Å²) in [5.41, 5.74) is 5.79. The number of halogens is 2. The third-order valence-corrected chi connectivity index (χ3v) is 6.10. The third-order valence-electron chi connectivity index (χ3n) is 4.50. The van der Waals surface area contributed by atoms with E-state index in [1.807, 2.05) is 0 Å². The summed E-state index contributed by atoms with van der Waals surface area (Å²) in [4.78, 5) is 40.7. The van der Waals surface area contributed by atoms with Crippen LogP contribution in [0.25, 0.3) is 11.3 Å². The van der Waals surface area contributed by atoms with Crippen LogP contribution in [-0.4, -0.2) is 31.3 Å². The van der Waals surface area contributed by atoms with Crippen LogP contribution in [0.3, 0.4) is 0 Å². The average molecular weight is 485 g/mol. The Kier molecular flexibility index (Phi) is 6.70. The first kappa shape index (κ1) is 22.8. The lowest BCUT2D eigenvalue weighted by atomic mass is 10.2. The molecule has 0 bridgehead atoms. The summed E-state index contributed by atoms with van der Waals surface area (Å²) in [7, 11) is 2.72. The number of carbonyl (C=O) groups is 1. The molecule has 0 spiro atoms. The number of rotatable bonds is 5. The highest BCUT2D eigenvalue weighted by Gasteiger charge is 2.14. The van der Waals surface area contributed by atoms with Gasteiger partial charge in [-0.05, 0) is 12.1 Å². The summed E-state index contributed by atoms with van der Waals surface area (Å²) in [6.45, 7) is -0.768. The lowest BCUT2D eigenvalue weighted by Gasteiger charge is -2.12. The first-order chi connectivity index (χ1) is 14.6. The Morgan fingerprint density at radius 2 is 1.94 bits per heavy atom. The van der Waals surface area contributed by atoms with Gasteiger partial charge in [0.25, 0.3) is 11.5 Å². The number of hydrogen-bond donors (Lipinski definition) is 3. The number of hydrogen-bond acceptors (Lipinski definition) is 7. The molecule has 0 atom stereocenters. The van der Waals surface area contributed by atoms with Crippen LogP contribution in [0.5, 0.6) is 0 Å². The van der Waals surface area contributed by atoms with Crippen molar-refractivity contribution >= 4 is 52.0 Å². The van der Waals surface area contributed by atoms with E-state index in [4.69, 9.17) is 28.9 Å². The standard InChI is InChI=1S/C18H18Cl2N6O4S/c1-24-15(21)14(16(29)25(2)18(24)30)22-6-13(28)23-17-26(8-27)12(7-31-17)9-3-4-10(19)11(20)5-9/h3-5,7,22,27H,6,8,21H2,1-2H3. The zero-order valence-corrected chi connectivity index (χ0v) is 18.8. The van der Waals surface area contributed by atoms with Gasteiger partial charge in [0.1, 0.15) is 18.2 Å². The maximum atomic E-state index is 12.4. The number of amides is 1. The van der Waals surface area contributed by atoms with Crippen LogP contribution in [0.15, 0.2) is 38.2 Å². The highest BCUT2D eigenvalue weighted by molar-refractivity contribution is 7.07. The molecule has 2 aromatic heterocycles. The Bertz CT molecular complexity index is 1350. The Balaban J connectivity index is 1.89. The van der Waals surface area contributed by atoms with Crippen LogP contribution in [-0.2, 0) is 25.6 Å². The van der Waals surface area contributed by atoms with E-state index in [2.05, 4.69) is 10.3 Å². The first-order valence-corrected chi connectivity index (χ1v) is 10.4. The molecule has 164 valence electrons. The van der Waals surface area contributed by atoms with Crippen molar-refractivity contribution in [3.8, 4) is 11.3 Å². The average Bonchev–Trinajstić information content (AvgIpc) is 3.15. The number of aromatic nitrogens is 3. The Morgan fingerprint density at radius 3 is 2.58 bits per heavy atom. The lowest BCUT2D eigenvalue weighted by molar-refractivity contribution is -0.116. The molecule has 0 unspecified atom stereocenters.